The Hall–Kier alpha value is -2.05. The van der Waals surface area contributed by atoms with Crippen LogP contribution in [0.5, 0.6) is 5.75 Å². The topological polar surface area (TPSA) is 44.1 Å². The Labute approximate surface area is 158 Å². The van der Waals surface area contributed by atoms with Gasteiger partial charge in [0.15, 0.2) is 5.16 Å². The third-order valence-corrected chi connectivity index (χ3v) is 5.24. The molecule has 6 heteroatoms. The number of rotatable bonds is 5. The van der Waals surface area contributed by atoms with Crippen molar-refractivity contribution >= 4 is 38.6 Å². The highest BCUT2D eigenvalue weighted by Gasteiger charge is 2.14. The van der Waals surface area contributed by atoms with Crippen LogP contribution in [-0.4, -0.2) is 22.4 Å². The number of hydrogen-bond acceptors (Lipinski definition) is 4. The lowest BCUT2D eigenvalue weighted by Gasteiger charge is -2.14. The third-order valence-electron chi connectivity index (χ3n) is 3.58. The second kappa shape index (κ2) is 7.45. The predicted octanol–water partition coefficient (Wildman–Crippen LogP) is 4.83. The zero-order valence-corrected chi connectivity index (χ0v) is 16.4. The van der Waals surface area contributed by atoms with Gasteiger partial charge >= 0.3 is 0 Å². The van der Waals surface area contributed by atoms with Gasteiger partial charge in [-0.25, -0.2) is 4.98 Å². The van der Waals surface area contributed by atoms with E-state index in [1.54, 1.807) is 17.7 Å². The van der Waals surface area contributed by atoms with Crippen molar-refractivity contribution in [2.75, 3.05) is 12.9 Å². The van der Waals surface area contributed by atoms with Gasteiger partial charge in [-0.3, -0.25) is 9.36 Å². The minimum absolute atomic E-state index is 0.0966. The first-order valence-corrected chi connectivity index (χ1v) is 9.41. The molecule has 3 aromatic rings. The van der Waals surface area contributed by atoms with Gasteiger partial charge in [-0.2, -0.15) is 0 Å². The standard InChI is InChI=1S/C19H17BrN2O2S/c1-12(2)11-25-19-21-17-9-4-13(20)10-16(17)18(23)22(19)14-5-7-15(24-3)8-6-14/h4-10H,1,11H2,2-3H3. The normalized spacial score (nSPS) is 10.8. The zero-order chi connectivity index (χ0) is 18.0. The van der Waals surface area contributed by atoms with Crippen LogP contribution < -0.4 is 10.3 Å². The van der Waals surface area contributed by atoms with Gasteiger partial charge in [0.25, 0.3) is 5.56 Å². The molecule has 4 nitrogen and oxygen atoms in total. The molecular formula is C19H17BrN2O2S. The van der Waals surface area contributed by atoms with E-state index in [2.05, 4.69) is 22.5 Å². The van der Waals surface area contributed by atoms with E-state index < -0.39 is 0 Å². The highest BCUT2D eigenvalue weighted by Crippen LogP contribution is 2.25. The van der Waals surface area contributed by atoms with E-state index in [1.165, 1.54) is 11.8 Å². The fourth-order valence-electron chi connectivity index (χ4n) is 2.38. The summed E-state index contributed by atoms with van der Waals surface area (Å²) in [6, 6.07) is 12.9. The quantitative estimate of drug-likeness (QED) is 0.339. The van der Waals surface area contributed by atoms with Gasteiger partial charge in [-0.05, 0) is 49.4 Å². The molecule has 0 unspecified atom stereocenters. The Morgan fingerprint density at radius 2 is 2.00 bits per heavy atom. The number of ether oxygens (including phenoxy) is 1. The predicted molar refractivity (Wildman–Crippen MR) is 107 cm³/mol. The van der Waals surface area contributed by atoms with E-state index in [-0.39, 0.29) is 5.56 Å². The summed E-state index contributed by atoms with van der Waals surface area (Å²) in [6.07, 6.45) is 0. The maximum atomic E-state index is 13.1. The van der Waals surface area contributed by atoms with Crippen LogP contribution in [0.4, 0.5) is 0 Å². The van der Waals surface area contributed by atoms with Crippen molar-refractivity contribution in [3.63, 3.8) is 0 Å². The van der Waals surface area contributed by atoms with Crippen LogP contribution in [0.25, 0.3) is 16.6 Å². The molecular weight excluding hydrogens is 400 g/mol. The van der Waals surface area contributed by atoms with E-state index >= 15 is 0 Å². The Morgan fingerprint density at radius 3 is 2.64 bits per heavy atom. The van der Waals surface area contributed by atoms with Crippen molar-refractivity contribution in [2.45, 2.75) is 12.1 Å². The number of fused-ring (bicyclic) bond motifs is 1. The summed E-state index contributed by atoms with van der Waals surface area (Å²) < 4.78 is 7.69. The molecule has 128 valence electrons. The second-order valence-electron chi connectivity index (χ2n) is 5.64. The maximum Gasteiger partial charge on any atom is 0.266 e. The highest BCUT2D eigenvalue weighted by atomic mass is 79.9. The largest absolute Gasteiger partial charge is 0.497 e. The molecule has 0 aliphatic carbocycles. The smallest absolute Gasteiger partial charge is 0.266 e. The molecule has 0 N–H and O–H groups in total. The summed E-state index contributed by atoms with van der Waals surface area (Å²) in [4.78, 5) is 17.8. The third kappa shape index (κ3) is 3.80. The Balaban J connectivity index is 2.24. The number of nitrogens with zero attached hydrogens (tertiary/aromatic N) is 2. The van der Waals surface area contributed by atoms with Crippen molar-refractivity contribution in [2.24, 2.45) is 0 Å². The van der Waals surface area contributed by atoms with Gasteiger partial charge in [-0.15, -0.1) is 0 Å². The average Bonchev–Trinajstić information content (AvgIpc) is 2.61. The Morgan fingerprint density at radius 1 is 1.28 bits per heavy atom. The summed E-state index contributed by atoms with van der Waals surface area (Å²) in [5.74, 6) is 1.44. The molecule has 0 fully saturated rings. The maximum absolute atomic E-state index is 13.1. The van der Waals surface area contributed by atoms with Gasteiger partial charge in [0.1, 0.15) is 5.75 Å². The Kier molecular flexibility index (Phi) is 5.30. The number of aromatic nitrogens is 2. The molecule has 0 aliphatic heterocycles. The first-order chi connectivity index (χ1) is 12.0. The molecule has 0 amide bonds. The Bertz CT molecular complexity index is 997. The van der Waals surface area contributed by atoms with Crippen LogP contribution in [0.3, 0.4) is 0 Å². The lowest BCUT2D eigenvalue weighted by molar-refractivity contribution is 0.414. The van der Waals surface area contributed by atoms with Crippen molar-refractivity contribution in [3.05, 3.63) is 69.4 Å². The SMILES string of the molecule is C=C(C)CSc1nc2ccc(Br)cc2c(=O)n1-c1ccc(OC)cc1. The van der Waals surface area contributed by atoms with Crippen LogP contribution in [0.2, 0.25) is 0 Å². The van der Waals surface area contributed by atoms with E-state index in [4.69, 9.17) is 9.72 Å². The van der Waals surface area contributed by atoms with Crippen LogP contribution in [0.1, 0.15) is 6.92 Å². The summed E-state index contributed by atoms with van der Waals surface area (Å²) >= 11 is 4.93. The van der Waals surface area contributed by atoms with E-state index in [9.17, 15) is 4.79 Å². The van der Waals surface area contributed by atoms with Crippen molar-refractivity contribution in [3.8, 4) is 11.4 Å². The summed E-state index contributed by atoms with van der Waals surface area (Å²) in [6.45, 7) is 5.89. The van der Waals surface area contributed by atoms with Gasteiger partial charge in [0, 0.05) is 10.2 Å². The van der Waals surface area contributed by atoms with E-state index in [0.717, 1.165) is 21.5 Å². The lowest BCUT2D eigenvalue weighted by Crippen LogP contribution is -2.21. The van der Waals surface area contributed by atoms with Crippen LogP contribution in [0.15, 0.2) is 69.0 Å². The molecule has 0 aliphatic rings. The molecule has 0 saturated carbocycles. The van der Waals surface area contributed by atoms with Gasteiger partial charge in [0.2, 0.25) is 0 Å². The molecule has 0 bridgehead atoms. The van der Waals surface area contributed by atoms with Crippen LogP contribution >= 0.6 is 27.7 Å². The van der Waals surface area contributed by atoms with Crippen molar-refractivity contribution < 1.29 is 4.74 Å². The fourth-order valence-corrected chi connectivity index (χ4v) is 3.60. The van der Waals surface area contributed by atoms with E-state index in [1.807, 2.05) is 43.3 Å². The monoisotopic (exact) mass is 416 g/mol. The molecule has 1 heterocycles. The van der Waals surface area contributed by atoms with Crippen molar-refractivity contribution in [1.82, 2.24) is 9.55 Å². The fraction of sp³-hybridized carbons (Fsp3) is 0.158. The molecule has 0 radical (unpaired) electrons. The number of thioether (sulfide) groups is 1. The first kappa shape index (κ1) is 17.8. The number of methoxy groups -OCH3 is 1. The molecule has 0 atom stereocenters. The average molecular weight is 417 g/mol. The summed E-state index contributed by atoms with van der Waals surface area (Å²) in [7, 11) is 1.62. The number of hydrogen-bond donors (Lipinski definition) is 0. The van der Waals surface area contributed by atoms with Crippen LogP contribution in [0, 0.1) is 0 Å². The second-order valence-corrected chi connectivity index (χ2v) is 7.50. The molecule has 2 aromatic carbocycles. The molecule has 0 saturated heterocycles. The van der Waals surface area contributed by atoms with Gasteiger partial charge in [-0.1, -0.05) is 39.8 Å². The first-order valence-electron chi connectivity index (χ1n) is 7.63. The summed E-state index contributed by atoms with van der Waals surface area (Å²) in [5.41, 5.74) is 2.36. The molecule has 1 aromatic heterocycles. The van der Waals surface area contributed by atoms with Gasteiger partial charge < -0.3 is 4.74 Å². The molecule has 0 spiro atoms. The number of benzene rings is 2. The van der Waals surface area contributed by atoms with E-state index in [0.29, 0.717) is 21.8 Å². The zero-order valence-electron chi connectivity index (χ0n) is 14.0. The lowest BCUT2D eigenvalue weighted by atomic mass is 10.2. The summed E-state index contributed by atoms with van der Waals surface area (Å²) in [5, 5.41) is 1.22. The molecule has 3 rings (SSSR count). The molecule has 25 heavy (non-hydrogen) atoms. The minimum Gasteiger partial charge on any atom is -0.497 e. The van der Waals surface area contributed by atoms with Crippen molar-refractivity contribution in [1.29, 1.82) is 0 Å². The van der Waals surface area contributed by atoms with Gasteiger partial charge in [0.05, 0.1) is 23.7 Å². The number of halogens is 1. The minimum atomic E-state index is -0.0966. The van der Waals surface area contributed by atoms with Crippen LogP contribution in [-0.2, 0) is 0 Å². The highest BCUT2D eigenvalue weighted by molar-refractivity contribution is 9.10.